The maximum absolute atomic E-state index is 8.31. The molecule has 0 N–H and O–H groups in total. The van der Waals surface area contributed by atoms with Crippen LogP contribution >= 0.6 is 0 Å². The van der Waals surface area contributed by atoms with Crippen LogP contribution in [0.2, 0.25) is 0 Å². The first-order valence-corrected chi connectivity index (χ1v) is 4.29. The Morgan fingerprint density at radius 3 is 2.31 bits per heavy atom. The molecule has 0 saturated carbocycles. The van der Waals surface area contributed by atoms with E-state index < -0.39 is 0 Å². The second kappa shape index (κ2) is 10.5. The van der Waals surface area contributed by atoms with Gasteiger partial charge in [0.15, 0.2) is 0 Å². The molecule has 0 amide bonds. The van der Waals surface area contributed by atoms with Crippen molar-refractivity contribution in [1.29, 1.82) is 5.26 Å². The minimum absolute atomic E-state index is 0.394. The molecular formula is C11H17NO. The molecule has 0 aromatic carbocycles. The van der Waals surface area contributed by atoms with Gasteiger partial charge < -0.3 is 4.74 Å². The number of allylic oxidation sites excluding steroid dienone is 3. The van der Waals surface area contributed by atoms with Crippen molar-refractivity contribution in [2.75, 3.05) is 6.61 Å². The summed E-state index contributed by atoms with van der Waals surface area (Å²) in [5.74, 6) is 0.545. The zero-order valence-electron chi connectivity index (χ0n) is 8.63. The fourth-order valence-electron chi connectivity index (χ4n) is 0.464. The average molecular weight is 179 g/mol. The summed E-state index contributed by atoms with van der Waals surface area (Å²) < 4.78 is 5.00. The van der Waals surface area contributed by atoms with Crippen molar-refractivity contribution in [3.63, 3.8) is 0 Å². The summed E-state index contributed by atoms with van der Waals surface area (Å²) in [4.78, 5) is 0. The zero-order valence-corrected chi connectivity index (χ0v) is 8.63. The Kier molecular flexibility index (Phi) is 11.4. The minimum atomic E-state index is 0.394. The van der Waals surface area contributed by atoms with Gasteiger partial charge in [-0.25, -0.2) is 0 Å². The van der Waals surface area contributed by atoms with Crippen LogP contribution in [0.1, 0.15) is 20.8 Å². The second-order valence-corrected chi connectivity index (χ2v) is 1.87. The first kappa shape index (κ1) is 14.1. The number of rotatable bonds is 4. The van der Waals surface area contributed by atoms with Crippen molar-refractivity contribution < 1.29 is 4.74 Å². The van der Waals surface area contributed by atoms with E-state index in [1.807, 2.05) is 26.8 Å². The van der Waals surface area contributed by atoms with E-state index in [1.54, 1.807) is 12.2 Å². The van der Waals surface area contributed by atoms with Gasteiger partial charge in [-0.15, -0.1) is 0 Å². The Morgan fingerprint density at radius 1 is 1.38 bits per heavy atom. The molecular weight excluding hydrogens is 162 g/mol. The van der Waals surface area contributed by atoms with Gasteiger partial charge in [0.05, 0.1) is 12.7 Å². The third-order valence-corrected chi connectivity index (χ3v) is 0.944. The Hall–Kier alpha value is -1.49. The molecule has 0 atom stereocenters. The zero-order chi connectivity index (χ0) is 10.7. The highest BCUT2D eigenvalue weighted by atomic mass is 16.5. The molecule has 0 saturated heterocycles. The van der Waals surface area contributed by atoms with Crippen LogP contribution in [0.3, 0.4) is 0 Å². The first-order chi connectivity index (χ1) is 6.20. The Balaban J connectivity index is 0. The summed E-state index contributed by atoms with van der Waals surface area (Å²) in [5.41, 5.74) is 0.394. The van der Waals surface area contributed by atoms with Crippen LogP contribution in [-0.4, -0.2) is 6.61 Å². The maximum Gasteiger partial charge on any atom is 0.112 e. The number of hydrogen-bond donors (Lipinski definition) is 0. The van der Waals surface area contributed by atoms with Crippen LogP contribution in [0, 0.1) is 11.3 Å². The van der Waals surface area contributed by atoms with E-state index in [4.69, 9.17) is 10.00 Å². The minimum Gasteiger partial charge on any atom is -0.495 e. The fourth-order valence-corrected chi connectivity index (χ4v) is 0.464. The van der Waals surface area contributed by atoms with Crippen molar-refractivity contribution in [2.45, 2.75) is 20.8 Å². The topological polar surface area (TPSA) is 33.0 Å². The molecule has 2 nitrogen and oxygen atoms in total. The molecule has 0 aromatic heterocycles. The summed E-state index contributed by atoms with van der Waals surface area (Å²) >= 11 is 0. The van der Waals surface area contributed by atoms with Gasteiger partial charge >= 0.3 is 0 Å². The molecule has 0 fully saturated rings. The van der Waals surface area contributed by atoms with E-state index in [1.165, 1.54) is 0 Å². The number of ether oxygens (including phenoxy) is 1. The van der Waals surface area contributed by atoms with Gasteiger partial charge in [0.1, 0.15) is 5.76 Å². The smallest absolute Gasteiger partial charge is 0.112 e. The lowest BCUT2D eigenvalue weighted by atomic mass is 10.3. The molecule has 2 heteroatoms. The van der Waals surface area contributed by atoms with Gasteiger partial charge in [-0.2, -0.15) is 5.26 Å². The SMILES string of the molecule is C=C(C#N)/C=C\C(=C)OCC.CC. The summed E-state index contributed by atoms with van der Waals surface area (Å²) in [6.07, 6.45) is 3.19. The number of hydrogen-bond acceptors (Lipinski definition) is 2. The maximum atomic E-state index is 8.31. The molecule has 0 aliphatic carbocycles. The number of nitriles is 1. The lowest BCUT2D eigenvalue weighted by Crippen LogP contribution is -1.85. The van der Waals surface area contributed by atoms with Gasteiger partial charge in [-0.05, 0) is 19.1 Å². The van der Waals surface area contributed by atoms with Gasteiger partial charge in [-0.3, -0.25) is 0 Å². The third-order valence-electron chi connectivity index (χ3n) is 0.944. The predicted molar refractivity (Wildman–Crippen MR) is 56.0 cm³/mol. The van der Waals surface area contributed by atoms with Crippen LogP contribution in [0.4, 0.5) is 0 Å². The summed E-state index contributed by atoms with van der Waals surface area (Å²) in [5, 5.41) is 8.31. The highest BCUT2D eigenvalue weighted by molar-refractivity contribution is 5.32. The van der Waals surface area contributed by atoms with Crippen LogP contribution in [0.5, 0.6) is 0 Å². The van der Waals surface area contributed by atoms with E-state index >= 15 is 0 Å². The fraction of sp³-hybridized carbons (Fsp3) is 0.364. The molecule has 0 rings (SSSR count). The molecule has 0 heterocycles. The van der Waals surface area contributed by atoms with Crippen molar-refractivity contribution in [3.05, 3.63) is 36.6 Å². The molecule has 13 heavy (non-hydrogen) atoms. The van der Waals surface area contributed by atoms with Crippen molar-refractivity contribution >= 4 is 0 Å². The molecule has 0 spiro atoms. The van der Waals surface area contributed by atoms with Crippen LogP contribution < -0.4 is 0 Å². The van der Waals surface area contributed by atoms with E-state index in [0.29, 0.717) is 17.9 Å². The molecule has 0 aliphatic rings. The first-order valence-electron chi connectivity index (χ1n) is 4.29. The van der Waals surface area contributed by atoms with E-state index in [2.05, 4.69) is 13.2 Å². The normalized spacial score (nSPS) is 8.15. The van der Waals surface area contributed by atoms with Gasteiger partial charge in [0.2, 0.25) is 0 Å². The van der Waals surface area contributed by atoms with E-state index in [-0.39, 0.29) is 0 Å². The standard InChI is InChI=1S/C9H11NO.C2H6/c1-4-11-9(3)6-5-8(2)7-10;1-2/h5-6H,2-4H2,1H3;1-2H3/b6-5-;. The molecule has 0 bridgehead atoms. The van der Waals surface area contributed by atoms with Gasteiger partial charge in [0.25, 0.3) is 0 Å². The Morgan fingerprint density at radius 2 is 1.92 bits per heavy atom. The van der Waals surface area contributed by atoms with Crippen LogP contribution in [0.25, 0.3) is 0 Å². The second-order valence-electron chi connectivity index (χ2n) is 1.87. The predicted octanol–water partition coefficient (Wildman–Crippen LogP) is 3.20. The average Bonchev–Trinajstić information content (AvgIpc) is 2.18. The largest absolute Gasteiger partial charge is 0.495 e. The van der Waals surface area contributed by atoms with Crippen molar-refractivity contribution in [2.24, 2.45) is 0 Å². The Labute approximate surface area is 80.8 Å². The number of nitrogens with zero attached hydrogens (tertiary/aromatic N) is 1. The Bertz CT molecular complexity index is 221. The van der Waals surface area contributed by atoms with Gasteiger partial charge in [0, 0.05) is 5.57 Å². The monoisotopic (exact) mass is 179 g/mol. The lowest BCUT2D eigenvalue weighted by molar-refractivity contribution is 0.244. The summed E-state index contributed by atoms with van der Waals surface area (Å²) in [6.45, 7) is 13.5. The highest BCUT2D eigenvalue weighted by Gasteiger charge is 1.85. The quantitative estimate of drug-likeness (QED) is 0.377. The molecule has 0 aliphatic heterocycles. The third kappa shape index (κ3) is 10.5. The summed E-state index contributed by atoms with van der Waals surface area (Å²) in [6, 6.07) is 1.88. The molecule has 72 valence electrons. The van der Waals surface area contributed by atoms with Crippen LogP contribution in [0.15, 0.2) is 36.6 Å². The summed E-state index contributed by atoms with van der Waals surface area (Å²) in [7, 11) is 0. The molecule has 0 radical (unpaired) electrons. The molecule has 0 aromatic rings. The van der Waals surface area contributed by atoms with Gasteiger partial charge in [-0.1, -0.05) is 27.0 Å². The van der Waals surface area contributed by atoms with Crippen molar-refractivity contribution in [3.8, 4) is 6.07 Å². The van der Waals surface area contributed by atoms with Crippen molar-refractivity contribution in [1.82, 2.24) is 0 Å². The lowest BCUT2D eigenvalue weighted by Gasteiger charge is -1.98. The van der Waals surface area contributed by atoms with E-state index in [0.717, 1.165) is 0 Å². The van der Waals surface area contributed by atoms with E-state index in [9.17, 15) is 0 Å². The van der Waals surface area contributed by atoms with Crippen LogP contribution in [-0.2, 0) is 4.74 Å². The highest BCUT2D eigenvalue weighted by Crippen LogP contribution is 1.98. The molecule has 0 unspecified atom stereocenters.